The van der Waals surface area contributed by atoms with Crippen molar-refractivity contribution >= 4 is 52.2 Å². The molecule has 2 aliphatic heterocycles. The van der Waals surface area contributed by atoms with Crippen LogP contribution in [0.1, 0.15) is 22.8 Å². The van der Waals surface area contributed by atoms with Gasteiger partial charge in [0.1, 0.15) is 11.5 Å². The number of carbonyl (C=O) groups is 3. The van der Waals surface area contributed by atoms with E-state index in [2.05, 4.69) is 10.3 Å². The predicted octanol–water partition coefficient (Wildman–Crippen LogP) is 4.84. The molecule has 0 spiro atoms. The number of nitrogens with zero attached hydrogens (tertiary/aromatic N) is 1. The van der Waals surface area contributed by atoms with Crippen molar-refractivity contribution < 1.29 is 24.2 Å². The summed E-state index contributed by atoms with van der Waals surface area (Å²) in [5, 5.41) is 13.1. The number of aromatic nitrogens is 1. The maximum atomic E-state index is 13.9. The summed E-state index contributed by atoms with van der Waals surface area (Å²) < 4.78 is 5.89. The van der Waals surface area contributed by atoms with Gasteiger partial charge in [0.25, 0.3) is 5.91 Å². The first-order valence-corrected chi connectivity index (χ1v) is 16.2. The maximum absolute atomic E-state index is 13.9. The monoisotopic (exact) mass is 625 g/mol. The van der Waals surface area contributed by atoms with E-state index < -0.39 is 0 Å². The number of phenolic OH excluding ortho intramolecular Hbond substituents is 1. The molecule has 3 heterocycles. The van der Waals surface area contributed by atoms with E-state index in [-0.39, 0.29) is 75.7 Å². The highest BCUT2D eigenvalue weighted by atomic mass is 32.2. The van der Waals surface area contributed by atoms with Crippen LogP contribution in [0.4, 0.5) is 11.4 Å². The van der Waals surface area contributed by atoms with Gasteiger partial charge < -0.3 is 20.1 Å². The second-order valence-corrected chi connectivity index (χ2v) is 14.0. The number of anilines is 2. The highest BCUT2D eigenvalue weighted by Crippen LogP contribution is 2.68. The minimum atomic E-state index is -0.378. The lowest BCUT2D eigenvalue weighted by atomic mass is 9.68. The van der Waals surface area contributed by atoms with Crippen LogP contribution in [-0.4, -0.2) is 39.7 Å². The summed E-state index contributed by atoms with van der Waals surface area (Å²) in [6.07, 6.45) is 0.807. The second-order valence-electron chi connectivity index (χ2n) is 11.8. The molecule has 1 saturated heterocycles. The van der Waals surface area contributed by atoms with E-state index in [1.807, 2.05) is 48.5 Å². The van der Waals surface area contributed by atoms with Gasteiger partial charge >= 0.3 is 4.87 Å². The summed E-state index contributed by atoms with van der Waals surface area (Å²) in [5.74, 6) is -0.725. The maximum Gasteiger partial charge on any atom is 0.305 e. The minimum Gasteiger partial charge on any atom is -0.508 e. The molecule has 222 valence electrons. The van der Waals surface area contributed by atoms with Crippen molar-refractivity contribution in [2.75, 3.05) is 16.8 Å². The van der Waals surface area contributed by atoms with Crippen molar-refractivity contribution in [3.63, 3.8) is 0 Å². The number of rotatable bonds is 6. The molecule has 9 nitrogen and oxygen atoms in total. The molecule has 8 rings (SSSR count). The van der Waals surface area contributed by atoms with Crippen LogP contribution in [-0.2, 0) is 14.4 Å². The Morgan fingerprint density at radius 1 is 0.955 bits per heavy atom. The van der Waals surface area contributed by atoms with Gasteiger partial charge in [0.05, 0.1) is 22.5 Å². The number of hydrogen-bond acceptors (Lipinski definition) is 8. The van der Waals surface area contributed by atoms with Crippen LogP contribution in [0.25, 0.3) is 0 Å². The first-order valence-electron chi connectivity index (χ1n) is 14.5. The normalized spacial score (nSPS) is 28.0. The topological polar surface area (TPSA) is 129 Å². The first-order chi connectivity index (χ1) is 21.4. The van der Waals surface area contributed by atoms with Crippen molar-refractivity contribution in [2.24, 2.45) is 29.6 Å². The van der Waals surface area contributed by atoms with Gasteiger partial charge in [-0.05, 0) is 78.3 Å². The average Bonchev–Trinajstić information content (AvgIpc) is 3.76. The third-order valence-corrected chi connectivity index (χ3v) is 12.1. The molecule has 0 radical (unpaired) electrons. The summed E-state index contributed by atoms with van der Waals surface area (Å²) in [7, 11) is 0. The average molecular weight is 626 g/mol. The van der Waals surface area contributed by atoms with Crippen LogP contribution >= 0.6 is 23.1 Å². The number of thiazole rings is 1. The minimum absolute atomic E-state index is 0.00340. The predicted molar refractivity (Wildman–Crippen MR) is 166 cm³/mol. The Hall–Kier alpha value is -4.35. The molecule has 11 heteroatoms. The van der Waals surface area contributed by atoms with Crippen molar-refractivity contribution in [2.45, 2.75) is 22.6 Å². The number of aromatic hydroxyl groups is 1. The van der Waals surface area contributed by atoms with E-state index in [0.717, 1.165) is 21.9 Å². The van der Waals surface area contributed by atoms with E-state index in [4.69, 9.17) is 4.74 Å². The smallest absolute Gasteiger partial charge is 0.305 e. The van der Waals surface area contributed by atoms with E-state index in [1.54, 1.807) is 30.0 Å². The Bertz CT molecular complexity index is 1850. The van der Waals surface area contributed by atoms with Crippen LogP contribution < -0.4 is 19.8 Å². The second kappa shape index (κ2) is 10.4. The lowest BCUT2D eigenvalue weighted by molar-refractivity contribution is -0.123. The quantitative estimate of drug-likeness (QED) is 0.207. The van der Waals surface area contributed by atoms with Gasteiger partial charge in [-0.1, -0.05) is 41.7 Å². The molecule has 2 aliphatic carbocycles. The largest absolute Gasteiger partial charge is 0.508 e. The Labute approximate surface area is 260 Å². The number of aromatic amines is 1. The molecular formula is C33H27N3O6S2. The fourth-order valence-electron chi connectivity index (χ4n) is 7.91. The number of amides is 3. The zero-order valence-corrected chi connectivity index (χ0v) is 24.8. The molecule has 3 fully saturated rings. The zero-order valence-electron chi connectivity index (χ0n) is 23.2. The van der Waals surface area contributed by atoms with Crippen LogP contribution in [0.5, 0.6) is 11.5 Å². The summed E-state index contributed by atoms with van der Waals surface area (Å²) in [6.45, 7) is -0.208. The van der Waals surface area contributed by atoms with Crippen molar-refractivity contribution in [1.29, 1.82) is 0 Å². The molecule has 4 aromatic rings. The SMILES string of the molecule is O=C(COc1cccc([C@@H]2c3sc(=O)[nH]c3S[C@@H]3[C@@H]4C[C@@H]([C@@H]5C(=O)N(c6ccccc6)C(=O)[C@@H]45)[C@H]23)c1)Nc1ccc(O)cc1. The van der Waals surface area contributed by atoms with E-state index in [9.17, 15) is 24.3 Å². The molecule has 3 amide bonds. The number of imide groups is 1. The zero-order chi connectivity index (χ0) is 30.1. The highest BCUT2D eigenvalue weighted by Gasteiger charge is 2.69. The molecule has 44 heavy (non-hydrogen) atoms. The van der Waals surface area contributed by atoms with Gasteiger partial charge in [-0.2, -0.15) is 0 Å². The van der Waals surface area contributed by atoms with Crippen LogP contribution in [0.3, 0.4) is 0 Å². The Kier molecular flexibility index (Phi) is 6.42. The number of thioether (sulfide) groups is 1. The number of phenols is 1. The van der Waals surface area contributed by atoms with Crippen molar-refractivity contribution in [3.8, 4) is 11.5 Å². The van der Waals surface area contributed by atoms with Gasteiger partial charge in [0.15, 0.2) is 6.61 Å². The molecule has 1 aromatic heterocycles. The lowest BCUT2D eigenvalue weighted by Gasteiger charge is -2.43. The molecule has 4 aliphatic rings. The Morgan fingerprint density at radius 2 is 1.70 bits per heavy atom. The summed E-state index contributed by atoms with van der Waals surface area (Å²) >= 11 is 2.86. The number of benzene rings is 3. The van der Waals surface area contributed by atoms with Gasteiger partial charge in [0, 0.05) is 21.7 Å². The molecule has 7 atom stereocenters. The molecule has 2 saturated carbocycles. The first kappa shape index (κ1) is 27.2. The number of H-pyrrole nitrogens is 1. The van der Waals surface area contributed by atoms with Crippen LogP contribution in [0.15, 0.2) is 88.7 Å². The molecule has 2 bridgehead atoms. The molecule has 0 unspecified atom stereocenters. The number of hydrogen-bond donors (Lipinski definition) is 3. The van der Waals surface area contributed by atoms with Crippen LogP contribution in [0.2, 0.25) is 0 Å². The number of ether oxygens (including phenoxy) is 1. The van der Waals surface area contributed by atoms with Crippen molar-refractivity contribution in [3.05, 3.63) is 99.0 Å². The highest BCUT2D eigenvalue weighted by molar-refractivity contribution is 8.00. The summed E-state index contributed by atoms with van der Waals surface area (Å²) in [4.78, 5) is 58.0. The fourth-order valence-corrected chi connectivity index (χ4v) is 10.8. The third kappa shape index (κ3) is 4.28. The van der Waals surface area contributed by atoms with E-state index >= 15 is 0 Å². The van der Waals surface area contributed by atoms with E-state index in [1.165, 1.54) is 28.4 Å². The number of carbonyl (C=O) groups excluding carboxylic acids is 3. The lowest BCUT2D eigenvalue weighted by Crippen LogP contribution is -2.42. The standard InChI is InChI=1S/C33H27N3O6S2/c37-19-11-9-17(10-12-19)34-23(38)15-42-20-8-4-5-16(13-20)24-25-21-14-22(28(25)43-30-29(24)44-33(41)35-30)27-26(21)31(39)36(32(27)40)18-6-2-1-3-7-18/h1-13,21-22,24-28,37H,14-15H2,(H,34,38)(H,35,41)/t21-,22-,24+,25-,26+,27+,28-/m1/s1. The summed E-state index contributed by atoms with van der Waals surface area (Å²) in [6, 6.07) is 23.0. The fraction of sp³-hybridized carbons (Fsp3) is 0.273. The number of para-hydroxylation sites is 1. The Balaban J connectivity index is 1.09. The van der Waals surface area contributed by atoms with Crippen molar-refractivity contribution in [1.82, 2.24) is 4.98 Å². The third-order valence-electron chi connectivity index (χ3n) is 9.48. The Morgan fingerprint density at radius 3 is 2.48 bits per heavy atom. The number of fused-ring (bicyclic) bond motifs is 9. The molecule has 3 aromatic carbocycles. The molecular weight excluding hydrogens is 599 g/mol. The number of nitrogens with one attached hydrogen (secondary N) is 2. The van der Waals surface area contributed by atoms with E-state index in [0.29, 0.717) is 17.1 Å². The van der Waals surface area contributed by atoms with Gasteiger partial charge in [-0.15, -0.1) is 11.8 Å². The van der Waals surface area contributed by atoms with Crippen LogP contribution in [0, 0.1) is 29.6 Å². The summed E-state index contributed by atoms with van der Waals surface area (Å²) in [5.41, 5.74) is 2.12. The molecule has 3 N–H and O–H groups in total. The van der Waals surface area contributed by atoms with Gasteiger partial charge in [-0.25, -0.2) is 0 Å². The van der Waals surface area contributed by atoms with Gasteiger partial charge in [-0.3, -0.25) is 24.1 Å². The van der Waals surface area contributed by atoms with Gasteiger partial charge in [0.2, 0.25) is 11.8 Å².